The Morgan fingerprint density at radius 1 is 1.30 bits per heavy atom. The lowest BCUT2D eigenvalue weighted by atomic mass is 9.83. The molecule has 1 N–H and O–H groups in total. The van der Waals surface area contributed by atoms with Crippen molar-refractivity contribution in [3.63, 3.8) is 0 Å². The summed E-state index contributed by atoms with van der Waals surface area (Å²) >= 11 is 0. The molecule has 0 aliphatic carbocycles. The maximum absolute atomic E-state index is 13.5. The Kier molecular flexibility index (Phi) is 4.41. The summed E-state index contributed by atoms with van der Waals surface area (Å²) in [5.41, 5.74) is -0.227. The van der Waals surface area contributed by atoms with Crippen LogP contribution >= 0.6 is 0 Å². The molecule has 2 rings (SSSR count). The van der Waals surface area contributed by atoms with Crippen LogP contribution in [0.1, 0.15) is 19.8 Å². The topological polar surface area (TPSA) is 55.4 Å². The van der Waals surface area contributed by atoms with Gasteiger partial charge < -0.3 is 4.74 Å². The summed E-state index contributed by atoms with van der Waals surface area (Å²) in [7, 11) is -4.06. The third-order valence-corrected chi connectivity index (χ3v) is 4.99. The first-order valence-electron chi connectivity index (χ1n) is 6.35. The first kappa shape index (κ1) is 15.3. The van der Waals surface area contributed by atoms with E-state index in [2.05, 4.69) is 4.72 Å². The first-order valence-corrected chi connectivity index (χ1v) is 7.83. The molecule has 1 aromatic rings. The predicted octanol–water partition coefficient (Wildman–Crippen LogP) is 2.06. The number of benzene rings is 1. The molecule has 1 saturated heterocycles. The van der Waals surface area contributed by atoms with Gasteiger partial charge >= 0.3 is 0 Å². The molecule has 4 nitrogen and oxygen atoms in total. The molecule has 7 heteroatoms. The van der Waals surface area contributed by atoms with Crippen LogP contribution in [0.2, 0.25) is 0 Å². The van der Waals surface area contributed by atoms with E-state index in [-0.39, 0.29) is 12.0 Å². The second-order valence-corrected chi connectivity index (χ2v) is 7.06. The van der Waals surface area contributed by atoms with Gasteiger partial charge in [-0.25, -0.2) is 21.9 Å². The molecule has 112 valence electrons. The highest BCUT2D eigenvalue weighted by Gasteiger charge is 2.30. The second kappa shape index (κ2) is 5.75. The van der Waals surface area contributed by atoms with Gasteiger partial charge in [-0.15, -0.1) is 0 Å². The minimum Gasteiger partial charge on any atom is -0.381 e. The van der Waals surface area contributed by atoms with E-state index < -0.39 is 26.6 Å². The van der Waals surface area contributed by atoms with E-state index in [1.165, 1.54) is 0 Å². The van der Waals surface area contributed by atoms with Crippen LogP contribution < -0.4 is 4.72 Å². The van der Waals surface area contributed by atoms with Crippen molar-refractivity contribution in [3.8, 4) is 0 Å². The van der Waals surface area contributed by atoms with E-state index in [9.17, 15) is 17.2 Å². The molecular formula is C13H17F2NO3S. The van der Waals surface area contributed by atoms with E-state index in [1.807, 2.05) is 6.92 Å². The van der Waals surface area contributed by atoms with Crippen LogP contribution in [-0.4, -0.2) is 28.2 Å². The van der Waals surface area contributed by atoms with Gasteiger partial charge in [0.15, 0.2) is 0 Å². The Labute approximate surface area is 117 Å². The zero-order valence-electron chi connectivity index (χ0n) is 11.2. The van der Waals surface area contributed by atoms with Crippen LogP contribution in [0.15, 0.2) is 23.1 Å². The molecule has 0 atom stereocenters. The number of hydrogen-bond donors (Lipinski definition) is 1. The fraction of sp³-hybridized carbons (Fsp3) is 0.538. The van der Waals surface area contributed by atoms with Crippen molar-refractivity contribution in [3.05, 3.63) is 29.8 Å². The zero-order chi connectivity index (χ0) is 14.8. The summed E-state index contributed by atoms with van der Waals surface area (Å²) < 4.78 is 58.3. The van der Waals surface area contributed by atoms with E-state index in [1.54, 1.807) is 0 Å². The Balaban J connectivity index is 2.13. The Morgan fingerprint density at radius 2 is 1.95 bits per heavy atom. The molecule has 0 bridgehead atoms. The fourth-order valence-electron chi connectivity index (χ4n) is 2.07. The van der Waals surface area contributed by atoms with Crippen molar-refractivity contribution in [2.75, 3.05) is 19.8 Å². The molecule has 0 unspecified atom stereocenters. The summed E-state index contributed by atoms with van der Waals surface area (Å²) in [4.78, 5) is -0.659. The van der Waals surface area contributed by atoms with Gasteiger partial charge in [0.05, 0.1) is 0 Å². The van der Waals surface area contributed by atoms with E-state index >= 15 is 0 Å². The second-order valence-electron chi connectivity index (χ2n) is 5.32. The summed E-state index contributed by atoms with van der Waals surface area (Å²) in [6.45, 7) is 3.27. The standard InChI is InChI=1S/C13H17F2NO3S/c1-13(4-6-19-7-5-13)9-16-20(17,18)12-8-10(14)2-3-11(12)15/h2-3,8,16H,4-7,9H2,1H3. The smallest absolute Gasteiger partial charge is 0.243 e. The van der Waals surface area contributed by atoms with Crippen molar-refractivity contribution in [1.29, 1.82) is 0 Å². The average Bonchev–Trinajstić information content (AvgIpc) is 2.40. The lowest BCUT2D eigenvalue weighted by Crippen LogP contribution is -2.39. The van der Waals surface area contributed by atoms with E-state index in [0.29, 0.717) is 19.3 Å². The summed E-state index contributed by atoms with van der Waals surface area (Å²) in [5, 5.41) is 0. The van der Waals surface area contributed by atoms with Gasteiger partial charge in [0.25, 0.3) is 0 Å². The molecule has 1 aliphatic heterocycles. The number of sulfonamides is 1. The van der Waals surface area contributed by atoms with Crippen molar-refractivity contribution in [1.82, 2.24) is 4.72 Å². The number of ether oxygens (including phenoxy) is 1. The molecule has 0 saturated carbocycles. The quantitative estimate of drug-likeness (QED) is 0.926. The molecule has 1 aromatic carbocycles. The van der Waals surface area contributed by atoms with Gasteiger partial charge in [0.1, 0.15) is 16.5 Å². The molecular weight excluding hydrogens is 288 g/mol. The van der Waals surface area contributed by atoms with Gasteiger partial charge in [-0.2, -0.15) is 0 Å². The minimum atomic E-state index is -4.06. The number of halogens is 2. The van der Waals surface area contributed by atoms with Crippen LogP contribution in [-0.2, 0) is 14.8 Å². The lowest BCUT2D eigenvalue weighted by Gasteiger charge is -2.33. The van der Waals surface area contributed by atoms with Crippen LogP contribution in [0.3, 0.4) is 0 Å². The van der Waals surface area contributed by atoms with Crippen molar-refractivity contribution in [2.24, 2.45) is 5.41 Å². The maximum atomic E-state index is 13.5. The summed E-state index contributed by atoms with van der Waals surface area (Å²) in [5.74, 6) is -1.75. The molecule has 0 amide bonds. The fourth-order valence-corrected chi connectivity index (χ4v) is 3.36. The third-order valence-electron chi connectivity index (χ3n) is 3.57. The predicted molar refractivity (Wildman–Crippen MR) is 69.7 cm³/mol. The van der Waals surface area contributed by atoms with Crippen molar-refractivity contribution >= 4 is 10.0 Å². The van der Waals surface area contributed by atoms with Gasteiger partial charge in [-0.3, -0.25) is 0 Å². The van der Waals surface area contributed by atoms with Crippen LogP contribution in [0.25, 0.3) is 0 Å². The van der Waals surface area contributed by atoms with Crippen LogP contribution in [0.4, 0.5) is 8.78 Å². The normalized spacial score (nSPS) is 18.9. The highest BCUT2D eigenvalue weighted by molar-refractivity contribution is 7.89. The highest BCUT2D eigenvalue weighted by atomic mass is 32.2. The Bertz CT molecular complexity index is 583. The van der Waals surface area contributed by atoms with Gasteiger partial charge in [-0.1, -0.05) is 6.92 Å². The van der Waals surface area contributed by atoms with Gasteiger partial charge in [-0.05, 0) is 36.5 Å². The largest absolute Gasteiger partial charge is 0.381 e. The number of rotatable bonds is 4. The molecule has 0 radical (unpaired) electrons. The monoisotopic (exact) mass is 305 g/mol. The number of hydrogen-bond acceptors (Lipinski definition) is 3. The van der Waals surface area contributed by atoms with Crippen molar-refractivity contribution < 1.29 is 21.9 Å². The lowest BCUT2D eigenvalue weighted by molar-refractivity contribution is 0.0264. The van der Waals surface area contributed by atoms with Crippen LogP contribution in [0, 0.1) is 17.0 Å². The summed E-state index contributed by atoms with van der Waals surface area (Å²) in [6, 6.07) is 2.37. The summed E-state index contributed by atoms with van der Waals surface area (Å²) in [6.07, 6.45) is 1.45. The Morgan fingerprint density at radius 3 is 2.60 bits per heavy atom. The number of nitrogens with one attached hydrogen (secondary N) is 1. The third kappa shape index (κ3) is 3.53. The maximum Gasteiger partial charge on any atom is 0.243 e. The van der Waals surface area contributed by atoms with Gasteiger partial charge in [0.2, 0.25) is 10.0 Å². The molecule has 1 heterocycles. The SMILES string of the molecule is CC1(CNS(=O)(=O)c2cc(F)ccc2F)CCOCC1. The Hall–Kier alpha value is -1.05. The van der Waals surface area contributed by atoms with E-state index in [0.717, 1.165) is 25.0 Å². The molecule has 1 fully saturated rings. The molecule has 0 aromatic heterocycles. The van der Waals surface area contributed by atoms with Crippen LogP contribution in [0.5, 0.6) is 0 Å². The first-order chi connectivity index (χ1) is 9.32. The molecule has 0 spiro atoms. The van der Waals surface area contributed by atoms with Crippen molar-refractivity contribution in [2.45, 2.75) is 24.7 Å². The minimum absolute atomic E-state index is 0.175. The molecule has 20 heavy (non-hydrogen) atoms. The molecule has 1 aliphatic rings. The average molecular weight is 305 g/mol. The van der Waals surface area contributed by atoms with E-state index in [4.69, 9.17) is 4.74 Å². The zero-order valence-corrected chi connectivity index (χ0v) is 12.0. The van der Waals surface area contributed by atoms with Gasteiger partial charge in [0, 0.05) is 19.8 Å². The highest BCUT2D eigenvalue weighted by Crippen LogP contribution is 2.29.